The summed E-state index contributed by atoms with van der Waals surface area (Å²) in [4.78, 5) is 0. The lowest BCUT2D eigenvalue weighted by Crippen LogP contribution is -3.00. The summed E-state index contributed by atoms with van der Waals surface area (Å²) < 4.78 is 0. The number of benzene rings is 2. The van der Waals surface area contributed by atoms with Gasteiger partial charge in [0.05, 0.1) is 24.6 Å². The summed E-state index contributed by atoms with van der Waals surface area (Å²) in [7, 11) is -1.10. The summed E-state index contributed by atoms with van der Waals surface area (Å²) in [5.41, 5.74) is 3.18. The Bertz CT molecular complexity index is 764. The van der Waals surface area contributed by atoms with Crippen molar-refractivity contribution in [3.05, 3.63) is 71.8 Å². The van der Waals surface area contributed by atoms with E-state index in [1.165, 1.54) is 179 Å². The van der Waals surface area contributed by atoms with Gasteiger partial charge in [-0.3, -0.25) is 0 Å². The normalized spacial score (nSPS) is 11.5. The molecule has 0 aromatic heterocycles. The van der Waals surface area contributed by atoms with Crippen LogP contribution in [0.1, 0.15) is 179 Å². The highest BCUT2D eigenvalue weighted by Gasteiger charge is 2.36. The molecule has 0 N–H and O–H groups in total. The van der Waals surface area contributed by atoms with Crippen molar-refractivity contribution < 1.29 is 12.4 Å². The Labute approximate surface area is 283 Å². The number of hydrogen-bond acceptors (Lipinski definition) is 0. The highest BCUT2D eigenvalue weighted by atomic mass is 35.5. The van der Waals surface area contributed by atoms with Gasteiger partial charge < -0.3 is 12.4 Å². The van der Waals surface area contributed by atoms with Crippen LogP contribution in [0.3, 0.4) is 0 Å². The Morgan fingerprint density at radius 3 is 0.864 bits per heavy atom. The first-order valence-corrected chi connectivity index (χ1v) is 21.7. The van der Waals surface area contributed by atoms with Gasteiger partial charge in [-0.2, -0.15) is 0 Å². The Hall–Kier alpha value is -0.840. The van der Waals surface area contributed by atoms with E-state index < -0.39 is 7.26 Å². The monoisotopic (exact) mass is 643 g/mol. The van der Waals surface area contributed by atoms with E-state index in [2.05, 4.69) is 74.5 Å². The molecule has 252 valence electrons. The maximum Gasteiger partial charge on any atom is 0.0846 e. The molecule has 0 fully saturated rings. The lowest BCUT2D eigenvalue weighted by atomic mass is 10.1. The van der Waals surface area contributed by atoms with Gasteiger partial charge in [0.2, 0.25) is 0 Å². The van der Waals surface area contributed by atoms with Crippen molar-refractivity contribution in [2.45, 2.75) is 180 Å². The number of halogens is 1. The third kappa shape index (κ3) is 21.8. The zero-order chi connectivity index (χ0) is 30.5. The average molecular weight is 643 g/mol. The SMILES string of the molecule is CCCCCCCCCCCCCC[P+](CCCCCCCCCCCCCC)(Cc1ccccc1)Cc1ccccc1.[Cl-]. The quantitative estimate of drug-likeness (QED) is 0.0587. The first-order chi connectivity index (χ1) is 21.3. The molecule has 0 aliphatic heterocycles. The molecule has 0 spiro atoms. The molecule has 0 saturated carbocycles. The van der Waals surface area contributed by atoms with Crippen LogP contribution in [0.5, 0.6) is 0 Å². The van der Waals surface area contributed by atoms with Crippen molar-refractivity contribution in [2.24, 2.45) is 0 Å². The van der Waals surface area contributed by atoms with Crippen LogP contribution in [0.25, 0.3) is 0 Å². The number of unbranched alkanes of at least 4 members (excludes halogenated alkanes) is 22. The van der Waals surface area contributed by atoms with Gasteiger partial charge in [-0.1, -0.05) is 203 Å². The van der Waals surface area contributed by atoms with Gasteiger partial charge in [-0.05, 0) is 36.8 Å². The maximum absolute atomic E-state index is 2.41. The van der Waals surface area contributed by atoms with Crippen LogP contribution in [-0.2, 0) is 12.3 Å². The predicted molar refractivity (Wildman–Crippen MR) is 199 cm³/mol. The van der Waals surface area contributed by atoms with Gasteiger partial charge in [-0.25, -0.2) is 0 Å². The summed E-state index contributed by atoms with van der Waals surface area (Å²) >= 11 is 0. The molecule has 0 aliphatic rings. The summed E-state index contributed by atoms with van der Waals surface area (Å²) in [6.45, 7) is 4.63. The maximum atomic E-state index is 2.41. The highest BCUT2D eigenvalue weighted by molar-refractivity contribution is 7.74. The third-order valence-corrected chi connectivity index (χ3v) is 14.3. The predicted octanol–water partition coefficient (Wildman–Crippen LogP) is 11.8. The molecule has 2 aromatic rings. The van der Waals surface area contributed by atoms with Crippen LogP contribution in [0.4, 0.5) is 0 Å². The van der Waals surface area contributed by atoms with Gasteiger partial charge in [-0.15, -0.1) is 0 Å². The first-order valence-electron chi connectivity index (χ1n) is 19.2. The van der Waals surface area contributed by atoms with Gasteiger partial charge in [0.15, 0.2) is 0 Å². The van der Waals surface area contributed by atoms with Crippen LogP contribution >= 0.6 is 7.26 Å². The minimum atomic E-state index is -1.10. The lowest BCUT2D eigenvalue weighted by molar-refractivity contribution is -0.00000941. The van der Waals surface area contributed by atoms with Crippen molar-refractivity contribution in [1.29, 1.82) is 0 Å². The standard InChI is InChI=1S/C42H72P.ClH/c1-3-5-7-9-11-13-15-17-19-21-23-31-37-43(39-41-33-27-25-28-34-41,40-42-35-29-26-30-36-42)38-32-24-22-20-18-16-14-12-10-8-6-4-2;/h25-30,33-36H,3-24,31-32,37-40H2,1-2H3;1H/q+1;/p-1. The average Bonchev–Trinajstić information content (AvgIpc) is 3.03. The second-order valence-electron chi connectivity index (χ2n) is 13.9. The summed E-state index contributed by atoms with van der Waals surface area (Å²) in [5.74, 6) is 0. The minimum absolute atomic E-state index is 0. The van der Waals surface area contributed by atoms with Gasteiger partial charge in [0.25, 0.3) is 0 Å². The van der Waals surface area contributed by atoms with E-state index in [1.807, 2.05) is 0 Å². The number of rotatable bonds is 30. The van der Waals surface area contributed by atoms with E-state index in [9.17, 15) is 0 Å². The smallest absolute Gasteiger partial charge is 0.0846 e. The topological polar surface area (TPSA) is 0 Å². The third-order valence-electron chi connectivity index (χ3n) is 9.69. The fourth-order valence-corrected chi connectivity index (χ4v) is 11.7. The minimum Gasteiger partial charge on any atom is -1.00 e. The fraction of sp³-hybridized carbons (Fsp3) is 0.714. The van der Waals surface area contributed by atoms with E-state index in [1.54, 1.807) is 11.1 Å². The molecular formula is C42H72ClP. The Morgan fingerprint density at radius 2 is 0.591 bits per heavy atom. The van der Waals surface area contributed by atoms with E-state index in [-0.39, 0.29) is 12.4 Å². The van der Waals surface area contributed by atoms with Crippen LogP contribution in [-0.4, -0.2) is 12.3 Å². The van der Waals surface area contributed by atoms with E-state index >= 15 is 0 Å². The van der Waals surface area contributed by atoms with Crippen LogP contribution in [0, 0.1) is 0 Å². The summed E-state index contributed by atoms with van der Waals surface area (Å²) in [6, 6.07) is 23.1. The molecule has 0 saturated heterocycles. The first kappa shape index (κ1) is 41.2. The molecule has 2 rings (SSSR count). The van der Waals surface area contributed by atoms with E-state index in [0.717, 1.165) is 0 Å². The Kier molecular flexibility index (Phi) is 27.7. The molecule has 2 heteroatoms. The van der Waals surface area contributed by atoms with Crippen molar-refractivity contribution >= 4 is 7.26 Å². The second-order valence-corrected chi connectivity index (χ2v) is 18.1. The number of hydrogen-bond donors (Lipinski definition) is 0. The summed E-state index contributed by atoms with van der Waals surface area (Å²) in [5, 5.41) is 0. The van der Waals surface area contributed by atoms with Crippen molar-refractivity contribution in [2.75, 3.05) is 12.3 Å². The molecular weight excluding hydrogens is 571 g/mol. The molecule has 0 atom stereocenters. The van der Waals surface area contributed by atoms with Crippen molar-refractivity contribution in [3.63, 3.8) is 0 Å². The second kappa shape index (κ2) is 29.6. The molecule has 0 aliphatic carbocycles. The zero-order valence-corrected chi connectivity index (χ0v) is 31.0. The zero-order valence-electron chi connectivity index (χ0n) is 29.4. The molecule has 0 bridgehead atoms. The summed E-state index contributed by atoms with van der Waals surface area (Å²) in [6.07, 6.45) is 40.4. The van der Waals surface area contributed by atoms with Crippen molar-refractivity contribution in [3.8, 4) is 0 Å². The van der Waals surface area contributed by atoms with Crippen LogP contribution < -0.4 is 12.4 Å². The fourth-order valence-electron chi connectivity index (χ4n) is 7.00. The molecule has 0 radical (unpaired) electrons. The van der Waals surface area contributed by atoms with Crippen LogP contribution in [0.15, 0.2) is 60.7 Å². The molecule has 0 unspecified atom stereocenters. The largest absolute Gasteiger partial charge is 1.00 e. The molecule has 0 amide bonds. The Balaban J connectivity index is 0.00000968. The molecule has 2 aromatic carbocycles. The van der Waals surface area contributed by atoms with Gasteiger partial charge in [0, 0.05) is 7.26 Å². The molecule has 0 heterocycles. The van der Waals surface area contributed by atoms with E-state index in [4.69, 9.17) is 0 Å². The molecule has 44 heavy (non-hydrogen) atoms. The Morgan fingerprint density at radius 1 is 0.341 bits per heavy atom. The highest BCUT2D eigenvalue weighted by Crippen LogP contribution is 2.65. The van der Waals surface area contributed by atoms with Crippen LogP contribution in [0.2, 0.25) is 0 Å². The van der Waals surface area contributed by atoms with Gasteiger partial charge >= 0.3 is 0 Å². The molecule has 0 nitrogen and oxygen atoms in total. The van der Waals surface area contributed by atoms with E-state index in [0.29, 0.717) is 0 Å². The van der Waals surface area contributed by atoms with Crippen molar-refractivity contribution in [1.82, 2.24) is 0 Å². The van der Waals surface area contributed by atoms with Gasteiger partial charge in [0.1, 0.15) is 0 Å². The lowest BCUT2D eigenvalue weighted by Gasteiger charge is -2.29.